The maximum absolute atomic E-state index is 6.24. The molecule has 19 heavy (non-hydrogen) atoms. The van der Waals surface area contributed by atoms with E-state index in [-0.39, 0.29) is 0 Å². The molecule has 0 amide bonds. The Morgan fingerprint density at radius 2 is 1.95 bits per heavy atom. The van der Waals surface area contributed by atoms with Crippen molar-refractivity contribution in [3.8, 4) is 11.3 Å². The van der Waals surface area contributed by atoms with Crippen molar-refractivity contribution in [1.29, 1.82) is 0 Å². The number of pyridine rings is 1. The number of halogens is 1. The largest absolute Gasteiger partial charge is 0.383 e. The fourth-order valence-corrected chi connectivity index (χ4v) is 2.69. The molecule has 1 aromatic carbocycles. The molecule has 0 aliphatic heterocycles. The molecule has 0 atom stereocenters. The van der Waals surface area contributed by atoms with Crippen LogP contribution < -0.4 is 5.73 Å². The third kappa shape index (κ3) is 1.83. The van der Waals surface area contributed by atoms with E-state index in [4.69, 9.17) is 5.73 Å². The first-order valence-electron chi connectivity index (χ1n) is 6.08. The molecule has 3 nitrogen and oxygen atoms in total. The van der Waals surface area contributed by atoms with Gasteiger partial charge in [-0.2, -0.15) is 0 Å². The molecule has 0 unspecified atom stereocenters. The van der Waals surface area contributed by atoms with Gasteiger partial charge in [0.15, 0.2) is 5.65 Å². The van der Waals surface area contributed by atoms with E-state index in [1.807, 2.05) is 28.8 Å². The highest BCUT2D eigenvalue weighted by atomic mass is 79.9. The topological polar surface area (TPSA) is 43.3 Å². The van der Waals surface area contributed by atoms with E-state index >= 15 is 0 Å². The van der Waals surface area contributed by atoms with Crippen molar-refractivity contribution in [1.82, 2.24) is 9.38 Å². The van der Waals surface area contributed by atoms with Crippen molar-refractivity contribution in [3.05, 3.63) is 52.1 Å². The van der Waals surface area contributed by atoms with Crippen LogP contribution in [0, 0.1) is 13.8 Å². The van der Waals surface area contributed by atoms with Gasteiger partial charge in [-0.15, -0.1) is 0 Å². The van der Waals surface area contributed by atoms with E-state index in [1.165, 1.54) is 11.1 Å². The number of fused-ring (bicyclic) bond motifs is 1. The molecule has 0 saturated heterocycles. The van der Waals surface area contributed by atoms with E-state index in [0.29, 0.717) is 5.82 Å². The van der Waals surface area contributed by atoms with Crippen LogP contribution in [0.25, 0.3) is 16.9 Å². The van der Waals surface area contributed by atoms with Crippen molar-refractivity contribution in [3.63, 3.8) is 0 Å². The number of aromatic nitrogens is 2. The van der Waals surface area contributed by atoms with E-state index in [1.54, 1.807) is 0 Å². The molecular formula is C15H14BrN3. The number of rotatable bonds is 1. The molecule has 0 fully saturated rings. The smallest absolute Gasteiger partial charge is 0.153 e. The Hall–Kier alpha value is -1.81. The summed E-state index contributed by atoms with van der Waals surface area (Å²) in [4.78, 5) is 4.68. The minimum absolute atomic E-state index is 0.671. The molecule has 2 N–H and O–H groups in total. The Morgan fingerprint density at radius 3 is 2.68 bits per heavy atom. The molecule has 0 aliphatic rings. The first-order chi connectivity index (χ1) is 9.09. The van der Waals surface area contributed by atoms with Gasteiger partial charge >= 0.3 is 0 Å². The van der Waals surface area contributed by atoms with E-state index in [9.17, 15) is 0 Å². The molecule has 0 spiro atoms. The van der Waals surface area contributed by atoms with Gasteiger partial charge < -0.3 is 5.73 Å². The number of nitrogen functional groups attached to an aromatic ring is 1. The summed E-state index contributed by atoms with van der Waals surface area (Å²) < 4.78 is 2.85. The Morgan fingerprint density at radius 1 is 1.16 bits per heavy atom. The average Bonchev–Trinajstić information content (AvgIpc) is 2.72. The summed E-state index contributed by atoms with van der Waals surface area (Å²) in [7, 11) is 0. The molecule has 0 bridgehead atoms. The summed E-state index contributed by atoms with van der Waals surface area (Å²) >= 11 is 3.51. The fraction of sp³-hybridized carbons (Fsp3) is 0.133. The molecule has 0 aliphatic carbocycles. The number of benzene rings is 1. The highest BCUT2D eigenvalue weighted by molar-refractivity contribution is 9.10. The average molecular weight is 316 g/mol. The van der Waals surface area contributed by atoms with Crippen LogP contribution in [-0.2, 0) is 0 Å². The highest BCUT2D eigenvalue weighted by Crippen LogP contribution is 2.32. The van der Waals surface area contributed by atoms with Crippen LogP contribution >= 0.6 is 15.9 Å². The van der Waals surface area contributed by atoms with Crippen LogP contribution in [0.2, 0.25) is 0 Å². The van der Waals surface area contributed by atoms with Crippen molar-refractivity contribution >= 4 is 27.4 Å². The van der Waals surface area contributed by atoms with Gasteiger partial charge in [0, 0.05) is 11.8 Å². The first kappa shape index (κ1) is 12.2. The third-order valence-electron chi connectivity index (χ3n) is 3.50. The van der Waals surface area contributed by atoms with Crippen molar-refractivity contribution in [2.24, 2.45) is 0 Å². The third-order valence-corrected chi connectivity index (χ3v) is 4.12. The molecule has 2 aromatic heterocycles. The van der Waals surface area contributed by atoms with Crippen molar-refractivity contribution in [2.75, 3.05) is 5.73 Å². The number of imidazole rings is 1. The normalized spacial score (nSPS) is 11.1. The van der Waals surface area contributed by atoms with Crippen LogP contribution in [0.4, 0.5) is 5.82 Å². The Kier molecular flexibility index (Phi) is 2.82. The molecule has 4 heteroatoms. The van der Waals surface area contributed by atoms with E-state index in [2.05, 4.69) is 46.9 Å². The maximum atomic E-state index is 6.24. The maximum Gasteiger partial charge on any atom is 0.153 e. The number of aryl methyl sites for hydroxylation is 1. The van der Waals surface area contributed by atoms with E-state index in [0.717, 1.165) is 21.4 Å². The number of hydrogen-bond donors (Lipinski definition) is 1. The summed E-state index contributed by atoms with van der Waals surface area (Å²) in [5, 5.41) is 0. The van der Waals surface area contributed by atoms with E-state index < -0.39 is 0 Å². The first-order valence-corrected chi connectivity index (χ1v) is 6.87. The zero-order chi connectivity index (χ0) is 13.6. The standard InChI is InChI=1S/C15H14BrN3/c1-9-5-3-6-11(10(9)2)13-14(17)19-8-4-7-12(16)15(19)18-13/h3-8H,17H2,1-2H3. The second kappa shape index (κ2) is 4.38. The zero-order valence-corrected chi connectivity index (χ0v) is 12.4. The molecule has 0 radical (unpaired) electrons. The molecule has 3 aromatic rings. The minimum Gasteiger partial charge on any atom is -0.383 e. The number of nitrogens with zero attached hydrogens (tertiary/aromatic N) is 2. The molecule has 96 valence electrons. The van der Waals surface area contributed by atoms with Gasteiger partial charge in [0.1, 0.15) is 11.5 Å². The summed E-state index contributed by atoms with van der Waals surface area (Å²) in [5.74, 6) is 0.671. The lowest BCUT2D eigenvalue weighted by Crippen LogP contribution is -1.95. The summed E-state index contributed by atoms with van der Waals surface area (Å²) in [6.45, 7) is 4.20. The van der Waals surface area contributed by atoms with Crippen LogP contribution in [0.3, 0.4) is 0 Å². The van der Waals surface area contributed by atoms with Gasteiger partial charge in [-0.3, -0.25) is 4.40 Å². The lowest BCUT2D eigenvalue weighted by atomic mass is 10.0. The van der Waals surface area contributed by atoms with Gasteiger partial charge in [-0.25, -0.2) is 4.98 Å². The monoisotopic (exact) mass is 315 g/mol. The quantitative estimate of drug-likeness (QED) is 0.738. The van der Waals surface area contributed by atoms with Crippen molar-refractivity contribution in [2.45, 2.75) is 13.8 Å². The Balaban J connectivity index is 2.35. The van der Waals surface area contributed by atoms with Gasteiger partial charge in [0.25, 0.3) is 0 Å². The summed E-state index contributed by atoms with van der Waals surface area (Å²) in [5.41, 5.74) is 11.5. The summed E-state index contributed by atoms with van der Waals surface area (Å²) in [6.07, 6.45) is 1.93. The van der Waals surface area contributed by atoms with Crippen LogP contribution in [-0.4, -0.2) is 9.38 Å². The second-order valence-corrected chi connectivity index (χ2v) is 5.50. The highest BCUT2D eigenvalue weighted by Gasteiger charge is 2.15. The SMILES string of the molecule is Cc1cccc(-c2nc3c(Br)cccn3c2N)c1C. The molecule has 3 rings (SSSR count). The van der Waals surface area contributed by atoms with Gasteiger partial charge in [0.2, 0.25) is 0 Å². The molecular weight excluding hydrogens is 302 g/mol. The summed E-state index contributed by atoms with van der Waals surface area (Å²) in [6, 6.07) is 10.1. The lowest BCUT2D eigenvalue weighted by Gasteiger charge is -2.06. The predicted octanol–water partition coefficient (Wildman–Crippen LogP) is 3.96. The van der Waals surface area contributed by atoms with Gasteiger partial charge in [-0.05, 0) is 53.0 Å². The number of hydrogen-bond acceptors (Lipinski definition) is 2. The number of nitrogens with two attached hydrogens (primary N) is 1. The molecule has 2 heterocycles. The Bertz CT molecular complexity index is 774. The van der Waals surface area contributed by atoms with Crippen LogP contribution in [0.5, 0.6) is 0 Å². The predicted molar refractivity (Wildman–Crippen MR) is 82.2 cm³/mol. The van der Waals surface area contributed by atoms with Gasteiger partial charge in [0.05, 0.1) is 4.47 Å². The van der Waals surface area contributed by atoms with Gasteiger partial charge in [-0.1, -0.05) is 18.2 Å². The zero-order valence-electron chi connectivity index (χ0n) is 10.8. The van der Waals surface area contributed by atoms with Crippen LogP contribution in [0.1, 0.15) is 11.1 Å². The van der Waals surface area contributed by atoms with Crippen molar-refractivity contribution < 1.29 is 0 Å². The minimum atomic E-state index is 0.671. The lowest BCUT2D eigenvalue weighted by molar-refractivity contribution is 1.19. The fourth-order valence-electron chi connectivity index (χ4n) is 2.26. The Labute approximate surface area is 120 Å². The number of anilines is 1. The van der Waals surface area contributed by atoms with Crippen LogP contribution in [0.15, 0.2) is 41.0 Å². The second-order valence-electron chi connectivity index (χ2n) is 4.64. The molecule has 0 saturated carbocycles.